The molecule has 3 heterocycles. The second kappa shape index (κ2) is 8.00. The Kier molecular flexibility index (Phi) is 5.47. The summed E-state index contributed by atoms with van der Waals surface area (Å²) < 4.78 is 1.64. The van der Waals surface area contributed by atoms with E-state index in [2.05, 4.69) is 11.9 Å². The predicted molar refractivity (Wildman–Crippen MR) is 113 cm³/mol. The fourth-order valence-corrected chi connectivity index (χ4v) is 6.02. The second-order valence-electron chi connectivity index (χ2n) is 6.28. The van der Waals surface area contributed by atoms with Gasteiger partial charge in [0.1, 0.15) is 4.83 Å². The van der Waals surface area contributed by atoms with Crippen LogP contribution in [-0.4, -0.2) is 21.2 Å². The number of fused-ring (bicyclic) bond motifs is 3. The van der Waals surface area contributed by atoms with Crippen molar-refractivity contribution in [1.82, 2.24) is 14.9 Å². The number of carbonyl (C=O) groups excluding carboxylic acids is 1. The smallest absolute Gasteiger partial charge is 0.263 e. The minimum atomic E-state index is -0.0680. The minimum Gasteiger partial charge on any atom is -0.350 e. The summed E-state index contributed by atoms with van der Waals surface area (Å²) in [5, 5.41) is 6.24. The first-order chi connectivity index (χ1) is 13.2. The Labute approximate surface area is 169 Å². The lowest BCUT2D eigenvalue weighted by Crippen LogP contribution is -2.26. The Morgan fingerprint density at radius 1 is 1.44 bits per heavy atom. The number of nitrogens with one attached hydrogen (secondary N) is 1. The van der Waals surface area contributed by atoms with Gasteiger partial charge >= 0.3 is 0 Å². The van der Waals surface area contributed by atoms with E-state index in [9.17, 15) is 9.59 Å². The van der Waals surface area contributed by atoms with Crippen molar-refractivity contribution < 1.29 is 4.79 Å². The minimum absolute atomic E-state index is 0.0132. The first-order valence-electron chi connectivity index (χ1n) is 8.75. The van der Waals surface area contributed by atoms with Crippen LogP contribution in [0.2, 0.25) is 0 Å². The Bertz CT molecular complexity index is 1050. The van der Waals surface area contributed by atoms with Crippen molar-refractivity contribution in [1.29, 1.82) is 0 Å². The summed E-state index contributed by atoms with van der Waals surface area (Å²) in [7, 11) is 0. The summed E-state index contributed by atoms with van der Waals surface area (Å²) in [6, 6.07) is 3.96. The zero-order chi connectivity index (χ0) is 18.8. The summed E-state index contributed by atoms with van der Waals surface area (Å²) in [5.41, 5.74) is 1.16. The number of hydrogen-bond donors (Lipinski definition) is 1. The largest absolute Gasteiger partial charge is 0.350 e. The summed E-state index contributed by atoms with van der Waals surface area (Å²) in [6.07, 6.45) is 4.80. The van der Waals surface area contributed by atoms with Crippen molar-refractivity contribution in [3.05, 3.63) is 55.8 Å². The molecule has 27 heavy (non-hydrogen) atoms. The monoisotopic (exact) mass is 417 g/mol. The fraction of sp³-hybridized carbons (Fsp3) is 0.316. The van der Waals surface area contributed by atoms with Crippen LogP contribution in [0.1, 0.15) is 21.7 Å². The van der Waals surface area contributed by atoms with Gasteiger partial charge in [-0.3, -0.25) is 14.2 Å². The molecule has 0 aromatic carbocycles. The standard InChI is InChI=1S/C19H19N3O2S3/c1-2-8-22-18(24)16-13-6-3-7-14(13)27-17(16)21-19(22)26-11-15(23)20-10-12-5-4-9-25-12/h2,4-5,9H,1,3,6-8,10-11H2,(H,20,23). The van der Waals surface area contributed by atoms with Crippen LogP contribution in [0.3, 0.4) is 0 Å². The van der Waals surface area contributed by atoms with Gasteiger partial charge in [-0.1, -0.05) is 23.9 Å². The molecule has 8 heteroatoms. The van der Waals surface area contributed by atoms with E-state index in [1.807, 2.05) is 17.5 Å². The van der Waals surface area contributed by atoms with Gasteiger partial charge in [0, 0.05) is 16.3 Å². The molecule has 4 rings (SSSR count). The summed E-state index contributed by atoms with van der Waals surface area (Å²) in [4.78, 5) is 33.2. The molecule has 5 nitrogen and oxygen atoms in total. The number of aromatic nitrogens is 2. The Morgan fingerprint density at radius 3 is 3.11 bits per heavy atom. The highest BCUT2D eigenvalue weighted by atomic mass is 32.2. The molecule has 0 bridgehead atoms. The average Bonchev–Trinajstić information content (AvgIpc) is 3.37. The summed E-state index contributed by atoms with van der Waals surface area (Å²) >= 11 is 4.54. The van der Waals surface area contributed by atoms with Gasteiger partial charge in [-0.25, -0.2) is 4.98 Å². The molecule has 1 aliphatic rings. The van der Waals surface area contributed by atoms with Crippen LogP contribution in [0.5, 0.6) is 0 Å². The van der Waals surface area contributed by atoms with Gasteiger partial charge in [-0.15, -0.1) is 29.3 Å². The third-order valence-corrected chi connectivity index (χ3v) is 7.51. The lowest BCUT2D eigenvalue weighted by atomic mass is 10.2. The zero-order valence-electron chi connectivity index (χ0n) is 14.7. The molecule has 3 aromatic rings. The maximum atomic E-state index is 13.1. The molecule has 0 spiro atoms. The number of carbonyl (C=O) groups is 1. The number of thiophene rings is 2. The molecule has 0 saturated heterocycles. The van der Waals surface area contributed by atoms with E-state index in [1.165, 1.54) is 22.2 Å². The van der Waals surface area contributed by atoms with Gasteiger partial charge < -0.3 is 5.32 Å². The topological polar surface area (TPSA) is 64.0 Å². The molecule has 0 unspecified atom stereocenters. The lowest BCUT2D eigenvalue weighted by molar-refractivity contribution is -0.118. The van der Waals surface area contributed by atoms with Gasteiger partial charge in [0.25, 0.3) is 5.56 Å². The number of amides is 1. The van der Waals surface area contributed by atoms with Gasteiger partial charge in [-0.05, 0) is 36.3 Å². The van der Waals surface area contributed by atoms with Crippen molar-refractivity contribution >= 4 is 50.6 Å². The fourth-order valence-electron chi connectivity index (χ4n) is 3.24. The molecule has 3 aromatic heterocycles. The molecule has 0 atom stereocenters. The van der Waals surface area contributed by atoms with E-state index < -0.39 is 0 Å². The average molecular weight is 418 g/mol. The first kappa shape index (κ1) is 18.5. The van der Waals surface area contributed by atoms with E-state index in [0.717, 1.165) is 34.4 Å². The quantitative estimate of drug-likeness (QED) is 0.362. The second-order valence-corrected chi connectivity index (χ2v) is 9.34. The highest BCUT2D eigenvalue weighted by Crippen LogP contribution is 2.35. The SMILES string of the molecule is C=CCn1c(SCC(=O)NCc2cccs2)nc2sc3c(c2c1=O)CCC3. The maximum absolute atomic E-state index is 13.1. The molecule has 1 N–H and O–H groups in total. The van der Waals surface area contributed by atoms with Crippen molar-refractivity contribution in [2.45, 2.75) is 37.5 Å². The zero-order valence-corrected chi connectivity index (χ0v) is 17.1. The molecule has 0 fully saturated rings. The Morgan fingerprint density at radius 2 is 2.33 bits per heavy atom. The van der Waals surface area contributed by atoms with Crippen molar-refractivity contribution in [3.8, 4) is 0 Å². The van der Waals surface area contributed by atoms with Gasteiger partial charge in [0.05, 0.1) is 17.7 Å². The molecular formula is C19H19N3O2S3. The number of thioether (sulfide) groups is 1. The van der Waals surface area contributed by atoms with Crippen molar-refractivity contribution in [2.24, 2.45) is 0 Å². The van der Waals surface area contributed by atoms with Crippen LogP contribution in [0.15, 0.2) is 40.1 Å². The molecule has 1 aliphatic carbocycles. The van der Waals surface area contributed by atoms with Gasteiger partial charge in [0.2, 0.25) is 5.91 Å². The third-order valence-electron chi connectivity index (χ3n) is 4.47. The summed E-state index contributed by atoms with van der Waals surface area (Å²) in [5.74, 6) is 0.160. The Balaban J connectivity index is 1.55. The van der Waals surface area contributed by atoms with Crippen LogP contribution < -0.4 is 10.9 Å². The molecule has 1 amide bonds. The third kappa shape index (κ3) is 3.74. The molecule has 0 aliphatic heterocycles. The van der Waals surface area contributed by atoms with E-state index in [0.29, 0.717) is 18.2 Å². The van der Waals surface area contributed by atoms with Gasteiger partial charge in [-0.2, -0.15) is 0 Å². The van der Waals surface area contributed by atoms with E-state index in [1.54, 1.807) is 33.3 Å². The van der Waals surface area contributed by atoms with E-state index in [4.69, 9.17) is 4.98 Å². The van der Waals surface area contributed by atoms with E-state index >= 15 is 0 Å². The molecule has 0 radical (unpaired) electrons. The van der Waals surface area contributed by atoms with Crippen LogP contribution >= 0.6 is 34.4 Å². The molecule has 0 saturated carbocycles. The molecular weight excluding hydrogens is 398 g/mol. The van der Waals surface area contributed by atoms with Crippen molar-refractivity contribution in [2.75, 3.05) is 5.75 Å². The van der Waals surface area contributed by atoms with Crippen LogP contribution in [0, 0.1) is 0 Å². The van der Waals surface area contributed by atoms with Crippen LogP contribution in [0.4, 0.5) is 0 Å². The van der Waals surface area contributed by atoms with Crippen LogP contribution in [0.25, 0.3) is 10.2 Å². The Hall–Kier alpha value is -1.90. The predicted octanol–water partition coefficient (Wildman–Crippen LogP) is 3.60. The highest BCUT2D eigenvalue weighted by molar-refractivity contribution is 7.99. The first-order valence-corrected chi connectivity index (χ1v) is 11.4. The number of allylic oxidation sites excluding steroid dienone is 1. The van der Waals surface area contributed by atoms with E-state index in [-0.39, 0.29) is 17.2 Å². The number of hydrogen-bond acceptors (Lipinski definition) is 6. The van der Waals surface area contributed by atoms with Crippen molar-refractivity contribution in [3.63, 3.8) is 0 Å². The summed E-state index contributed by atoms with van der Waals surface area (Å²) in [6.45, 7) is 4.68. The highest BCUT2D eigenvalue weighted by Gasteiger charge is 2.23. The van der Waals surface area contributed by atoms with Gasteiger partial charge in [0.15, 0.2) is 5.16 Å². The number of aryl methyl sites for hydroxylation is 2. The number of nitrogens with zero attached hydrogens (tertiary/aromatic N) is 2. The lowest BCUT2D eigenvalue weighted by Gasteiger charge is -2.10. The number of rotatable bonds is 7. The normalized spacial score (nSPS) is 13.0. The van der Waals surface area contributed by atoms with Crippen LogP contribution in [-0.2, 0) is 30.7 Å². The maximum Gasteiger partial charge on any atom is 0.263 e. The molecule has 140 valence electrons.